The molecule has 1 aliphatic heterocycles. The van der Waals surface area contributed by atoms with Gasteiger partial charge in [-0.15, -0.1) is 0 Å². The van der Waals surface area contributed by atoms with E-state index in [0.717, 1.165) is 48.4 Å². The molecule has 1 unspecified atom stereocenters. The molecule has 6 heteroatoms. The predicted molar refractivity (Wildman–Crippen MR) is 87.5 cm³/mol. The minimum absolute atomic E-state index is 0.0869. The van der Waals surface area contributed by atoms with Crippen LogP contribution in [0.3, 0.4) is 0 Å². The van der Waals surface area contributed by atoms with Crippen LogP contribution in [0.2, 0.25) is 0 Å². The molecule has 0 bridgehead atoms. The summed E-state index contributed by atoms with van der Waals surface area (Å²) in [6.45, 7) is 0.741. The lowest BCUT2D eigenvalue weighted by atomic mass is 10.1. The zero-order valence-corrected chi connectivity index (χ0v) is 13.1. The number of ether oxygens (including phenoxy) is 1. The van der Waals surface area contributed by atoms with E-state index in [1.807, 2.05) is 29.1 Å². The predicted octanol–water partition coefficient (Wildman–Crippen LogP) is 3.85. The molecule has 3 aromatic heterocycles. The average Bonchev–Trinajstić information content (AvgIpc) is 3.09. The van der Waals surface area contributed by atoms with E-state index < -0.39 is 5.95 Å². The Hall–Kier alpha value is -2.60. The molecule has 0 amide bonds. The van der Waals surface area contributed by atoms with Crippen molar-refractivity contribution in [1.82, 2.24) is 19.7 Å². The Bertz CT molecular complexity index is 811. The highest BCUT2D eigenvalue weighted by atomic mass is 19.1. The molecule has 4 rings (SSSR count). The van der Waals surface area contributed by atoms with E-state index in [9.17, 15) is 4.39 Å². The van der Waals surface area contributed by atoms with Gasteiger partial charge in [-0.25, -0.2) is 9.67 Å². The smallest absolute Gasteiger partial charge is 0.212 e. The fraction of sp³-hybridized carbons (Fsp3) is 0.278. The molecule has 0 saturated carbocycles. The molecule has 0 spiro atoms. The summed E-state index contributed by atoms with van der Waals surface area (Å²) in [7, 11) is 0. The Morgan fingerprint density at radius 2 is 2.08 bits per heavy atom. The molecule has 1 saturated heterocycles. The Morgan fingerprint density at radius 1 is 1.12 bits per heavy atom. The largest absolute Gasteiger partial charge is 0.356 e. The van der Waals surface area contributed by atoms with Crippen LogP contribution in [-0.2, 0) is 4.74 Å². The molecular formula is C18H17FN4O. The van der Waals surface area contributed by atoms with E-state index in [-0.39, 0.29) is 6.23 Å². The van der Waals surface area contributed by atoms with Gasteiger partial charge in [0.05, 0.1) is 11.4 Å². The maximum atomic E-state index is 13.1. The number of rotatable bonds is 3. The summed E-state index contributed by atoms with van der Waals surface area (Å²) >= 11 is 0. The van der Waals surface area contributed by atoms with Crippen LogP contribution in [-0.4, -0.2) is 26.4 Å². The van der Waals surface area contributed by atoms with Crippen molar-refractivity contribution in [3.63, 3.8) is 0 Å². The minimum atomic E-state index is -0.499. The van der Waals surface area contributed by atoms with Crippen LogP contribution in [0.15, 0.2) is 48.9 Å². The maximum Gasteiger partial charge on any atom is 0.212 e. The number of aromatic nitrogens is 4. The van der Waals surface area contributed by atoms with Gasteiger partial charge < -0.3 is 4.74 Å². The first kappa shape index (κ1) is 15.0. The van der Waals surface area contributed by atoms with E-state index in [1.54, 1.807) is 12.3 Å². The zero-order chi connectivity index (χ0) is 16.4. The minimum Gasteiger partial charge on any atom is -0.356 e. The first-order chi connectivity index (χ1) is 11.8. The second kappa shape index (κ2) is 6.49. The molecule has 1 aliphatic rings. The van der Waals surface area contributed by atoms with Gasteiger partial charge in [0.25, 0.3) is 0 Å². The van der Waals surface area contributed by atoms with Crippen molar-refractivity contribution in [3.05, 3.63) is 54.9 Å². The third-order valence-electron chi connectivity index (χ3n) is 4.14. The van der Waals surface area contributed by atoms with Crippen LogP contribution in [0.25, 0.3) is 22.5 Å². The number of halogens is 1. The molecule has 0 aliphatic carbocycles. The van der Waals surface area contributed by atoms with Gasteiger partial charge in [0.15, 0.2) is 6.23 Å². The molecule has 0 aromatic carbocycles. The second-order valence-electron chi connectivity index (χ2n) is 5.79. The summed E-state index contributed by atoms with van der Waals surface area (Å²) in [6, 6.07) is 8.90. The zero-order valence-electron chi connectivity index (χ0n) is 13.1. The van der Waals surface area contributed by atoms with Gasteiger partial charge in [-0.3, -0.25) is 4.98 Å². The van der Waals surface area contributed by atoms with Gasteiger partial charge in [0.2, 0.25) is 5.95 Å². The molecule has 0 radical (unpaired) electrons. The highest BCUT2D eigenvalue weighted by Crippen LogP contribution is 2.31. The molecule has 0 N–H and O–H groups in total. The Morgan fingerprint density at radius 3 is 2.79 bits per heavy atom. The maximum absolute atomic E-state index is 13.1. The lowest BCUT2D eigenvalue weighted by Gasteiger charge is -2.24. The third-order valence-corrected chi connectivity index (χ3v) is 4.14. The summed E-state index contributed by atoms with van der Waals surface area (Å²) in [4.78, 5) is 7.92. The number of hydrogen-bond donors (Lipinski definition) is 0. The normalized spacial score (nSPS) is 17.8. The van der Waals surface area contributed by atoms with Crippen molar-refractivity contribution in [3.8, 4) is 22.5 Å². The van der Waals surface area contributed by atoms with Gasteiger partial charge in [0.1, 0.15) is 0 Å². The molecule has 1 fully saturated rings. The van der Waals surface area contributed by atoms with Crippen LogP contribution in [0, 0.1) is 5.95 Å². The lowest BCUT2D eigenvalue weighted by Crippen LogP contribution is -2.20. The van der Waals surface area contributed by atoms with E-state index in [1.165, 1.54) is 12.3 Å². The molecule has 5 nitrogen and oxygen atoms in total. The summed E-state index contributed by atoms with van der Waals surface area (Å²) in [6.07, 6.45) is 8.08. The van der Waals surface area contributed by atoms with Crippen LogP contribution >= 0.6 is 0 Å². The summed E-state index contributed by atoms with van der Waals surface area (Å²) in [5.41, 5.74) is 3.43. The quantitative estimate of drug-likeness (QED) is 0.687. The van der Waals surface area contributed by atoms with Gasteiger partial charge in [0, 0.05) is 36.3 Å². The highest BCUT2D eigenvalue weighted by molar-refractivity contribution is 5.67. The van der Waals surface area contributed by atoms with E-state index >= 15 is 0 Å². The first-order valence-electron chi connectivity index (χ1n) is 8.05. The van der Waals surface area contributed by atoms with Crippen molar-refractivity contribution in [2.45, 2.75) is 25.5 Å². The van der Waals surface area contributed by atoms with Crippen LogP contribution in [0.1, 0.15) is 25.5 Å². The summed E-state index contributed by atoms with van der Waals surface area (Å²) in [5, 5.41) is 4.71. The monoisotopic (exact) mass is 324 g/mol. The van der Waals surface area contributed by atoms with Crippen molar-refractivity contribution in [1.29, 1.82) is 0 Å². The molecule has 3 aromatic rings. The van der Waals surface area contributed by atoms with Gasteiger partial charge >= 0.3 is 0 Å². The first-order valence-corrected chi connectivity index (χ1v) is 8.05. The summed E-state index contributed by atoms with van der Waals surface area (Å²) < 4.78 is 20.9. The van der Waals surface area contributed by atoms with Gasteiger partial charge in [-0.2, -0.15) is 9.49 Å². The van der Waals surface area contributed by atoms with Crippen LogP contribution in [0.5, 0.6) is 0 Å². The van der Waals surface area contributed by atoms with E-state index in [2.05, 4.69) is 9.97 Å². The fourth-order valence-electron chi connectivity index (χ4n) is 2.93. The lowest BCUT2D eigenvalue weighted by molar-refractivity contribution is -0.0382. The SMILES string of the molecule is Fc1ccc(-c2cc(-c3cccnc3)n(C3CCCCO3)n2)cn1. The molecular weight excluding hydrogens is 307 g/mol. The van der Waals surface area contributed by atoms with E-state index in [0.29, 0.717) is 0 Å². The molecule has 122 valence electrons. The van der Waals surface area contributed by atoms with Crippen molar-refractivity contribution >= 4 is 0 Å². The third kappa shape index (κ3) is 2.92. The van der Waals surface area contributed by atoms with Crippen LogP contribution in [0.4, 0.5) is 4.39 Å². The standard InChI is InChI=1S/C18H17FN4O/c19-17-7-6-13(12-21-17)15-10-16(14-4-3-8-20-11-14)23(22-15)18-5-1-2-9-24-18/h3-4,6-8,10-12,18H,1-2,5,9H2. The summed E-state index contributed by atoms with van der Waals surface area (Å²) in [5.74, 6) is -0.499. The number of nitrogens with zero attached hydrogens (tertiary/aromatic N) is 4. The van der Waals surface area contributed by atoms with Gasteiger partial charge in [-0.05, 0) is 49.6 Å². The second-order valence-corrected chi connectivity index (χ2v) is 5.79. The Labute approximate surface area is 139 Å². The fourth-order valence-corrected chi connectivity index (χ4v) is 2.93. The molecule has 1 atom stereocenters. The topological polar surface area (TPSA) is 52.8 Å². The number of pyridine rings is 2. The Kier molecular flexibility index (Phi) is 4.04. The average molecular weight is 324 g/mol. The van der Waals surface area contributed by atoms with Crippen molar-refractivity contribution in [2.24, 2.45) is 0 Å². The van der Waals surface area contributed by atoms with Gasteiger partial charge in [-0.1, -0.05) is 0 Å². The molecule has 4 heterocycles. The molecule has 24 heavy (non-hydrogen) atoms. The number of hydrogen-bond acceptors (Lipinski definition) is 4. The van der Waals surface area contributed by atoms with Crippen molar-refractivity contribution < 1.29 is 9.13 Å². The van der Waals surface area contributed by atoms with E-state index in [4.69, 9.17) is 9.84 Å². The van der Waals surface area contributed by atoms with Crippen LogP contribution < -0.4 is 0 Å². The highest BCUT2D eigenvalue weighted by Gasteiger charge is 2.22. The Balaban J connectivity index is 1.79. The van der Waals surface area contributed by atoms with Crippen molar-refractivity contribution in [2.75, 3.05) is 6.61 Å².